The van der Waals surface area contributed by atoms with Crippen LogP contribution in [0.1, 0.15) is 17.5 Å². The molecule has 0 aliphatic heterocycles. The quantitative estimate of drug-likeness (QED) is 0.507. The maximum Gasteiger partial charge on any atom is 0.183 e. The lowest BCUT2D eigenvalue weighted by Crippen LogP contribution is -1.99. The van der Waals surface area contributed by atoms with Crippen molar-refractivity contribution >= 4 is 28.6 Å². The molecule has 0 amide bonds. The molecule has 0 atom stereocenters. The minimum absolute atomic E-state index is 0.566. The van der Waals surface area contributed by atoms with Gasteiger partial charge in [-0.15, -0.1) is 11.3 Å². The van der Waals surface area contributed by atoms with Crippen molar-refractivity contribution < 1.29 is 0 Å². The molecular weight excluding hydrogens is 380 g/mol. The molecule has 0 radical (unpaired) electrons. The predicted molar refractivity (Wildman–Crippen MR) is 110 cm³/mol. The smallest absolute Gasteiger partial charge is 0.183 e. The minimum atomic E-state index is 0.566. The van der Waals surface area contributed by atoms with Crippen LogP contribution in [0.5, 0.6) is 0 Å². The first-order chi connectivity index (χ1) is 13.1. The second kappa shape index (κ2) is 7.54. The highest BCUT2D eigenvalue weighted by Gasteiger charge is 2.11. The van der Waals surface area contributed by atoms with E-state index in [1.54, 1.807) is 6.20 Å². The number of hydrogen-bond donors (Lipinski definition) is 1. The summed E-state index contributed by atoms with van der Waals surface area (Å²) in [6, 6.07) is 10.2. The Balaban J connectivity index is 1.47. The molecule has 1 N–H and O–H groups in total. The van der Waals surface area contributed by atoms with Crippen LogP contribution in [0.2, 0.25) is 4.47 Å². The fourth-order valence-electron chi connectivity index (χ4n) is 2.91. The maximum absolute atomic E-state index is 5.86. The lowest BCUT2D eigenvalue weighted by Gasteiger charge is -2.06. The summed E-state index contributed by atoms with van der Waals surface area (Å²) in [5.74, 6) is 0. The van der Waals surface area contributed by atoms with Gasteiger partial charge in [0.15, 0.2) is 4.47 Å². The van der Waals surface area contributed by atoms with E-state index in [1.165, 1.54) is 11.3 Å². The summed E-state index contributed by atoms with van der Waals surface area (Å²) in [5, 5.41) is 12.5. The van der Waals surface area contributed by atoms with Gasteiger partial charge in [-0.25, -0.2) is 9.67 Å². The van der Waals surface area contributed by atoms with Crippen LogP contribution in [0, 0.1) is 6.92 Å². The van der Waals surface area contributed by atoms with Crippen LogP contribution in [-0.2, 0) is 13.1 Å². The minimum Gasteiger partial charge on any atom is -0.380 e. The Labute approximate surface area is 166 Å². The molecule has 27 heavy (non-hydrogen) atoms. The lowest BCUT2D eigenvalue weighted by molar-refractivity contribution is 0.640. The molecule has 0 aliphatic carbocycles. The van der Waals surface area contributed by atoms with E-state index in [-0.39, 0.29) is 0 Å². The normalized spacial score (nSPS) is 11.1. The zero-order chi connectivity index (χ0) is 18.8. The first-order valence-electron chi connectivity index (χ1n) is 8.67. The van der Waals surface area contributed by atoms with Gasteiger partial charge in [-0.05, 0) is 44.2 Å². The summed E-state index contributed by atoms with van der Waals surface area (Å²) in [5.41, 5.74) is 5.17. The van der Waals surface area contributed by atoms with Gasteiger partial charge < -0.3 is 5.32 Å². The Morgan fingerprint density at radius 2 is 1.96 bits per heavy atom. The monoisotopic (exact) mass is 398 g/mol. The summed E-state index contributed by atoms with van der Waals surface area (Å²) in [6.45, 7) is 5.72. The number of nitrogens with one attached hydrogen (secondary N) is 1. The fourth-order valence-corrected chi connectivity index (χ4v) is 3.83. The molecule has 138 valence electrons. The second-order valence-corrected chi connectivity index (χ2v) is 7.78. The molecule has 0 spiro atoms. The van der Waals surface area contributed by atoms with Gasteiger partial charge in [0.2, 0.25) is 0 Å². The van der Waals surface area contributed by atoms with Gasteiger partial charge in [-0.1, -0.05) is 11.6 Å². The predicted octanol–water partition coefficient (Wildman–Crippen LogP) is 4.79. The van der Waals surface area contributed by atoms with Crippen LogP contribution in [0.15, 0.2) is 48.9 Å². The van der Waals surface area contributed by atoms with E-state index < -0.39 is 0 Å². The SMILES string of the molecule is CCn1ncc(-c2ccn(-c3ccc(NCc4cnc(Cl)s4)cc3)n2)c1C. The van der Waals surface area contributed by atoms with Crippen LogP contribution >= 0.6 is 22.9 Å². The molecule has 3 aromatic heterocycles. The van der Waals surface area contributed by atoms with Crippen LogP contribution in [0.3, 0.4) is 0 Å². The lowest BCUT2D eigenvalue weighted by atomic mass is 10.2. The largest absolute Gasteiger partial charge is 0.380 e. The zero-order valence-corrected chi connectivity index (χ0v) is 16.6. The maximum atomic E-state index is 5.86. The van der Waals surface area contributed by atoms with E-state index in [4.69, 9.17) is 16.7 Å². The third-order valence-electron chi connectivity index (χ3n) is 4.39. The molecule has 0 aliphatic rings. The molecule has 1 aromatic carbocycles. The van der Waals surface area contributed by atoms with Crippen molar-refractivity contribution in [2.45, 2.75) is 26.9 Å². The molecule has 4 rings (SSSR count). The molecule has 0 fully saturated rings. The Morgan fingerprint density at radius 3 is 2.63 bits per heavy atom. The number of rotatable bonds is 6. The standard InChI is InChI=1S/C19H19ClN6S/c1-3-25-13(2)17(12-23-25)18-8-9-26(24-18)15-6-4-14(5-7-15)21-10-16-11-22-19(20)27-16/h4-9,11-12,21H,3,10H2,1-2H3. The van der Waals surface area contributed by atoms with Gasteiger partial charge in [-0.3, -0.25) is 4.68 Å². The van der Waals surface area contributed by atoms with Crippen LogP contribution in [0.4, 0.5) is 5.69 Å². The molecule has 0 bridgehead atoms. The van der Waals surface area contributed by atoms with Crippen molar-refractivity contribution in [3.8, 4) is 16.9 Å². The van der Waals surface area contributed by atoms with Crippen molar-refractivity contribution in [3.63, 3.8) is 0 Å². The average molecular weight is 399 g/mol. The number of aryl methyl sites for hydroxylation is 1. The molecule has 6 nitrogen and oxygen atoms in total. The first kappa shape index (κ1) is 17.8. The molecule has 0 saturated carbocycles. The molecule has 3 heterocycles. The highest BCUT2D eigenvalue weighted by Crippen LogP contribution is 2.23. The Morgan fingerprint density at radius 1 is 1.15 bits per heavy atom. The average Bonchev–Trinajstić information content (AvgIpc) is 3.40. The highest BCUT2D eigenvalue weighted by atomic mass is 35.5. The van der Waals surface area contributed by atoms with Crippen molar-refractivity contribution in [2.24, 2.45) is 0 Å². The van der Waals surface area contributed by atoms with Gasteiger partial charge >= 0.3 is 0 Å². The number of anilines is 1. The molecule has 8 heteroatoms. The number of halogens is 1. The zero-order valence-electron chi connectivity index (χ0n) is 15.1. The Kier molecular flexibility index (Phi) is 4.96. The van der Waals surface area contributed by atoms with E-state index in [9.17, 15) is 0 Å². The summed E-state index contributed by atoms with van der Waals surface area (Å²) in [7, 11) is 0. The summed E-state index contributed by atoms with van der Waals surface area (Å²) < 4.78 is 4.42. The third kappa shape index (κ3) is 3.74. The summed E-state index contributed by atoms with van der Waals surface area (Å²) in [6.07, 6.45) is 5.65. The van der Waals surface area contributed by atoms with E-state index in [1.807, 2.05) is 52.1 Å². The highest BCUT2D eigenvalue weighted by molar-refractivity contribution is 7.15. The van der Waals surface area contributed by atoms with Crippen molar-refractivity contribution in [1.82, 2.24) is 24.5 Å². The van der Waals surface area contributed by atoms with E-state index in [0.29, 0.717) is 11.0 Å². The summed E-state index contributed by atoms with van der Waals surface area (Å²) in [4.78, 5) is 5.15. The van der Waals surface area contributed by atoms with Crippen molar-refractivity contribution in [1.29, 1.82) is 0 Å². The van der Waals surface area contributed by atoms with Crippen LogP contribution in [-0.4, -0.2) is 24.5 Å². The Hall–Kier alpha value is -2.64. The van der Waals surface area contributed by atoms with Gasteiger partial charge in [0, 0.05) is 40.8 Å². The van der Waals surface area contributed by atoms with E-state index in [2.05, 4.69) is 29.2 Å². The third-order valence-corrected chi connectivity index (χ3v) is 5.51. The Bertz CT molecular complexity index is 1050. The number of aromatic nitrogens is 5. The van der Waals surface area contributed by atoms with Gasteiger partial charge in [-0.2, -0.15) is 10.2 Å². The van der Waals surface area contributed by atoms with Crippen molar-refractivity contribution in [3.05, 3.63) is 64.0 Å². The van der Waals surface area contributed by atoms with Gasteiger partial charge in [0.05, 0.1) is 24.1 Å². The van der Waals surface area contributed by atoms with E-state index in [0.717, 1.165) is 39.7 Å². The topological polar surface area (TPSA) is 60.6 Å². The number of nitrogens with zero attached hydrogens (tertiary/aromatic N) is 5. The molecule has 0 saturated heterocycles. The number of thiazole rings is 1. The molecule has 4 aromatic rings. The van der Waals surface area contributed by atoms with Crippen LogP contribution in [0.25, 0.3) is 16.9 Å². The molecule has 0 unspecified atom stereocenters. The van der Waals surface area contributed by atoms with Crippen molar-refractivity contribution in [2.75, 3.05) is 5.32 Å². The molecular formula is C19H19ClN6S. The fraction of sp³-hybridized carbons (Fsp3) is 0.211. The number of benzene rings is 1. The van der Waals surface area contributed by atoms with Gasteiger partial charge in [0.1, 0.15) is 0 Å². The van der Waals surface area contributed by atoms with Gasteiger partial charge in [0.25, 0.3) is 0 Å². The first-order valence-corrected chi connectivity index (χ1v) is 9.86. The summed E-state index contributed by atoms with van der Waals surface area (Å²) >= 11 is 7.34. The van der Waals surface area contributed by atoms with E-state index >= 15 is 0 Å². The second-order valence-electron chi connectivity index (χ2n) is 6.08. The van der Waals surface area contributed by atoms with Crippen LogP contribution < -0.4 is 5.32 Å². The number of hydrogen-bond acceptors (Lipinski definition) is 5.